The Labute approximate surface area is 139 Å². The van der Waals surface area contributed by atoms with Crippen molar-refractivity contribution in [2.45, 2.75) is 111 Å². The lowest BCUT2D eigenvalue weighted by atomic mass is 9.84. The molecule has 0 aliphatic heterocycles. The molecule has 0 rings (SSSR count). The molecule has 0 fully saturated rings. The van der Waals surface area contributed by atoms with Gasteiger partial charge in [-0.15, -0.1) is 0 Å². The smallest absolute Gasteiger partial charge is 0.306 e. The Kier molecular flexibility index (Phi) is 15.0. The minimum Gasteiger partial charge on any atom is -0.481 e. The molecule has 2 heteroatoms. The van der Waals surface area contributed by atoms with E-state index in [-0.39, 0.29) is 5.92 Å². The molecule has 0 aliphatic carbocycles. The van der Waals surface area contributed by atoms with Gasteiger partial charge in [-0.1, -0.05) is 97.8 Å². The van der Waals surface area contributed by atoms with E-state index >= 15 is 0 Å². The van der Waals surface area contributed by atoms with E-state index in [2.05, 4.69) is 20.8 Å². The molecular formula is C20H40O2. The van der Waals surface area contributed by atoms with Crippen LogP contribution in [0.5, 0.6) is 0 Å². The standard InChI is InChI=1S/C20H40O2/c1-4-7-10-12-15-18(14-9-6-3)17-19(20(21)22)16-13-11-8-5-2/h18-19H,4-17H2,1-3H3,(H,21,22). The second-order valence-corrected chi connectivity index (χ2v) is 6.98. The van der Waals surface area contributed by atoms with E-state index in [1.807, 2.05) is 0 Å². The average molecular weight is 313 g/mol. The SMILES string of the molecule is CCCCCCC(CCCC)CC(CCCCCC)C(=O)O. The van der Waals surface area contributed by atoms with Gasteiger partial charge in [-0.05, 0) is 18.8 Å². The highest BCUT2D eigenvalue weighted by Gasteiger charge is 2.21. The summed E-state index contributed by atoms with van der Waals surface area (Å²) in [5, 5.41) is 9.51. The molecule has 0 saturated heterocycles. The Bertz CT molecular complexity index is 250. The second-order valence-electron chi connectivity index (χ2n) is 6.98. The first-order valence-corrected chi connectivity index (χ1v) is 9.88. The highest BCUT2D eigenvalue weighted by molar-refractivity contribution is 5.69. The molecule has 2 nitrogen and oxygen atoms in total. The third-order valence-corrected chi connectivity index (χ3v) is 4.81. The maximum atomic E-state index is 11.5. The number of hydrogen-bond donors (Lipinski definition) is 1. The fraction of sp³-hybridized carbons (Fsp3) is 0.950. The van der Waals surface area contributed by atoms with Crippen LogP contribution in [0.15, 0.2) is 0 Å². The van der Waals surface area contributed by atoms with Crippen LogP contribution in [0.1, 0.15) is 111 Å². The summed E-state index contributed by atoms with van der Waals surface area (Å²) in [5.74, 6) is -0.0412. The zero-order chi connectivity index (χ0) is 16.6. The van der Waals surface area contributed by atoms with Gasteiger partial charge in [0.15, 0.2) is 0 Å². The van der Waals surface area contributed by atoms with Crippen LogP contribution in [0.4, 0.5) is 0 Å². The summed E-state index contributed by atoms with van der Waals surface area (Å²) in [6.07, 6.45) is 16.6. The second kappa shape index (κ2) is 15.4. The number of rotatable bonds is 16. The molecule has 0 aliphatic rings. The van der Waals surface area contributed by atoms with Crippen LogP contribution in [0.25, 0.3) is 0 Å². The normalized spacial score (nSPS) is 14.0. The van der Waals surface area contributed by atoms with Crippen LogP contribution in [-0.4, -0.2) is 11.1 Å². The van der Waals surface area contributed by atoms with Crippen LogP contribution in [0, 0.1) is 11.8 Å². The minimum absolute atomic E-state index is 0.107. The Morgan fingerprint density at radius 2 is 1.23 bits per heavy atom. The van der Waals surface area contributed by atoms with E-state index in [9.17, 15) is 9.90 Å². The van der Waals surface area contributed by atoms with Crippen molar-refractivity contribution in [2.24, 2.45) is 11.8 Å². The van der Waals surface area contributed by atoms with E-state index in [1.165, 1.54) is 70.6 Å². The fourth-order valence-electron chi connectivity index (χ4n) is 3.29. The summed E-state index contributed by atoms with van der Waals surface area (Å²) < 4.78 is 0. The van der Waals surface area contributed by atoms with Crippen molar-refractivity contribution < 1.29 is 9.90 Å². The van der Waals surface area contributed by atoms with E-state index in [4.69, 9.17) is 0 Å². The number of hydrogen-bond acceptors (Lipinski definition) is 1. The van der Waals surface area contributed by atoms with Gasteiger partial charge in [0.1, 0.15) is 0 Å². The molecule has 0 aromatic rings. The molecule has 0 amide bonds. The number of carboxylic acids is 1. The third-order valence-electron chi connectivity index (χ3n) is 4.81. The van der Waals surface area contributed by atoms with Crippen molar-refractivity contribution in [2.75, 3.05) is 0 Å². The van der Waals surface area contributed by atoms with Gasteiger partial charge in [-0.2, -0.15) is 0 Å². The first-order valence-electron chi connectivity index (χ1n) is 9.88. The van der Waals surface area contributed by atoms with Crippen molar-refractivity contribution in [1.29, 1.82) is 0 Å². The van der Waals surface area contributed by atoms with Gasteiger partial charge in [0.25, 0.3) is 0 Å². The van der Waals surface area contributed by atoms with Crippen LogP contribution in [0.3, 0.4) is 0 Å². The van der Waals surface area contributed by atoms with Crippen LogP contribution < -0.4 is 0 Å². The Morgan fingerprint density at radius 3 is 1.73 bits per heavy atom. The quantitative estimate of drug-likeness (QED) is 0.317. The Morgan fingerprint density at radius 1 is 0.727 bits per heavy atom. The van der Waals surface area contributed by atoms with Gasteiger partial charge in [-0.3, -0.25) is 4.79 Å². The molecule has 0 bridgehead atoms. The molecule has 0 radical (unpaired) electrons. The summed E-state index contributed by atoms with van der Waals surface area (Å²) in [7, 11) is 0. The topological polar surface area (TPSA) is 37.3 Å². The minimum atomic E-state index is -0.563. The van der Waals surface area contributed by atoms with Gasteiger partial charge in [-0.25, -0.2) is 0 Å². The molecule has 0 spiro atoms. The molecule has 1 N–H and O–H groups in total. The Hall–Kier alpha value is -0.530. The van der Waals surface area contributed by atoms with Gasteiger partial charge < -0.3 is 5.11 Å². The van der Waals surface area contributed by atoms with Crippen LogP contribution >= 0.6 is 0 Å². The maximum Gasteiger partial charge on any atom is 0.306 e. The number of aliphatic carboxylic acids is 1. The maximum absolute atomic E-state index is 11.5. The van der Waals surface area contributed by atoms with Gasteiger partial charge in [0.2, 0.25) is 0 Å². The predicted octanol–water partition coefficient (Wildman–Crippen LogP) is 6.82. The van der Waals surface area contributed by atoms with E-state index in [0.29, 0.717) is 5.92 Å². The average Bonchev–Trinajstić information content (AvgIpc) is 2.51. The van der Waals surface area contributed by atoms with Crippen LogP contribution in [0.2, 0.25) is 0 Å². The van der Waals surface area contributed by atoms with Gasteiger partial charge in [0.05, 0.1) is 5.92 Å². The highest BCUT2D eigenvalue weighted by atomic mass is 16.4. The Balaban J connectivity index is 4.24. The van der Waals surface area contributed by atoms with Gasteiger partial charge in [0, 0.05) is 0 Å². The van der Waals surface area contributed by atoms with E-state index < -0.39 is 5.97 Å². The number of carboxylic acid groups (broad SMARTS) is 1. The predicted molar refractivity (Wildman–Crippen MR) is 96.3 cm³/mol. The molecule has 0 saturated carbocycles. The zero-order valence-electron chi connectivity index (χ0n) is 15.4. The summed E-state index contributed by atoms with van der Waals surface area (Å²) >= 11 is 0. The van der Waals surface area contributed by atoms with E-state index in [0.717, 1.165) is 19.3 Å². The molecular weight excluding hydrogens is 272 g/mol. The van der Waals surface area contributed by atoms with Crippen molar-refractivity contribution in [3.63, 3.8) is 0 Å². The third kappa shape index (κ3) is 12.1. The lowest BCUT2D eigenvalue weighted by molar-refractivity contribution is -0.142. The largest absolute Gasteiger partial charge is 0.481 e. The first-order chi connectivity index (χ1) is 10.7. The number of unbranched alkanes of at least 4 members (excludes halogenated alkanes) is 7. The summed E-state index contributed by atoms with van der Waals surface area (Å²) in [5.41, 5.74) is 0. The van der Waals surface area contributed by atoms with Crippen molar-refractivity contribution in [1.82, 2.24) is 0 Å². The number of carbonyl (C=O) groups is 1. The summed E-state index contributed by atoms with van der Waals surface area (Å²) in [6.45, 7) is 6.67. The first kappa shape index (κ1) is 21.5. The van der Waals surface area contributed by atoms with Crippen molar-refractivity contribution in [3.05, 3.63) is 0 Å². The highest BCUT2D eigenvalue weighted by Crippen LogP contribution is 2.27. The summed E-state index contributed by atoms with van der Waals surface area (Å²) in [4.78, 5) is 11.5. The summed E-state index contributed by atoms with van der Waals surface area (Å²) in [6, 6.07) is 0. The lowest BCUT2D eigenvalue weighted by Gasteiger charge is -2.21. The molecule has 2 atom stereocenters. The molecule has 2 unspecified atom stereocenters. The lowest BCUT2D eigenvalue weighted by Crippen LogP contribution is -2.18. The zero-order valence-corrected chi connectivity index (χ0v) is 15.4. The molecule has 22 heavy (non-hydrogen) atoms. The molecule has 0 aromatic carbocycles. The van der Waals surface area contributed by atoms with Gasteiger partial charge >= 0.3 is 5.97 Å². The molecule has 0 aromatic heterocycles. The van der Waals surface area contributed by atoms with E-state index in [1.54, 1.807) is 0 Å². The molecule has 132 valence electrons. The fourth-order valence-corrected chi connectivity index (χ4v) is 3.29. The van der Waals surface area contributed by atoms with Crippen molar-refractivity contribution >= 4 is 5.97 Å². The van der Waals surface area contributed by atoms with Crippen molar-refractivity contribution in [3.8, 4) is 0 Å². The monoisotopic (exact) mass is 312 g/mol. The van der Waals surface area contributed by atoms with Crippen LogP contribution in [-0.2, 0) is 4.79 Å². The molecule has 0 heterocycles.